The highest BCUT2D eigenvalue weighted by molar-refractivity contribution is 5.79. The van der Waals surface area contributed by atoms with Crippen molar-refractivity contribution in [2.75, 3.05) is 0 Å². The Balaban J connectivity index is 1.44. The zero-order valence-electron chi connectivity index (χ0n) is 21.0. The molecular weight excluding hydrogens is 467 g/mol. The summed E-state index contributed by atoms with van der Waals surface area (Å²) in [6, 6.07) is 22.8. The lowest BCUT2D eigenvalue weighted by atomic mass is 10.1. The van der Waals surface area contributed by atoms with Crippen LogP contribution in [0.4, 0.5) is 4.39 Å². The molecule has 0 fully saturated rings. The fourth-order valence-electron chi connectivity index (χ4n) is 4.42. The SMILES string of the molecule is CCc1ccc2[nH]c(=O)c(CN(Cc3ccc(C)cc3)Cc3nnnn3Cc3ccc(F)cc3)cc2c1. The zero-order valence-corrected chi connectivity index (χ0v) is 21.0. The van der Waals surface area contributed by atoms with Crippen molar-refractivity contribution >= 4 is 10.9 Å². The summed E-state index contributed by atoms with van der Waals surface area (Å²) >= 11 is 0. The molecule has 0 saturated heterocycles. The number of aryl methyl sites for hydroxylation is 2. The van der Waals surface area contributed by atoms with Gasteiger partial charge in [0.1, 0.15) is 5.82 Å². The van der Waals surface area contributed by atoms with Gasteiger partial charge in [-0.25, -0.2) is 9.07 Å². The number of H-pyrrole nitrogens is 1. The van der Waals surface area contributed by atoms with E-state index in [9.17, 15) is 9.18 Å². The average molecular weight is 497 g/mol. The second-order valence-corrected chi connectivity index (χ2v) is 9.41. The molecule has 0 aliphatic rings. The van der Waals surface area contributed by atoms with E-state index in [-0.39, 0.29) is 11.4 Å². The van der Waals surface area contributed by atoms with E-state index < -0.39 is 0 Å². The highest BCUT2D eigenvalue weighted by Crippen LogP contribution is 2.18. The second-order valence-electron chi connectivity index (χ2n) is 9.41. The third kappa shape index (κ3) is 5.98. The van der Waals surface area contributed by atoms with Crippen LogP contribution in [-0.4, -0.2) is 30.1 Å². The maximum absolute atomic E-state index is 13.3. The third-order valence-electron chi connectivity index (χ3n) is 6.53. The molecule has 0 bridgehead atoms. The van der Waals surface area contributed by atoms with Gasteiger partial charge in [0, 0.05) is 24.2 Å². The highest BCUT2D eigenvalue weighted by atomic mass is 19.1. The molecule has 0 unspecified atom stereocenters. The summed E-state index contributed by atoms with van der Waals surface area (Å²) in [5.41, 5.74) is 5.87. The molecule has 2 heterocycles. The third-order valence-corrected chi connectivity index (χ3v) is 6.53. The Morgan fingerprint density at radius 3 is 2.38 bits per heavy atom. The number of rotatable bonds is 9. The van der Waals surface area contributed by atoms with E-state index in [1.807, 2.05) is 18.2 Å². The maximum atomic E-state index is 13.3. The number of nitrogens with one attached hydrogen (secondary N) is 1. The molecule has 1 N–H and O–H groups in total. The maximum Gasteiger partial charge on any atom is 0.252 e. The van der Waals surface area contributed by atoms with Crippen LogP contribution in [0.15, 0.2) is 77.6 Å². The van der Waals surface area contributed by atoms with Crippen LogP contribution in [0.5, 0.6) is 0 Å². The lowest BCUT2D eigenvalue weighted by Crippen LogP contribution is -2.28. The number of hydrogen-bond donors (Lipinski definition) is 1. The van der Waals surface area contributed by atoms with Crippen molar-refractivity contribution in [2.45, 2.75) is 46.4 Å². The van der Waals surface area contributed by atoms with Gasteiger partial charge in [-0.2, -0.15) is 0 Å². The molecule has 37 heavy (non-hydrogen) atoms. The number of benzene rings is 3. The van der Waals surface area contributed by atoms with Gasteiger partial charge in [0.25, 0.3) is 5.56 Å². The zero-order chi connectivity index (χ0) is 25.8. The van der Waals surface area contributed by atoms with Gasteiger partial charge < -0.3 is 4.98 Å². The lowest BCUT2D eigenvalue weighted by molar-refractivity contribution is 0.236. The van der Waals surface area contributed by atoms with Gasteiger partial charge in [-0.15, -0.1) is 5.10 Å². The molecule has 0 aliphatic carbocycles. The Labute approximate surface area is 214 Å². The molecule has 3 aromatic carbocycles. The Morgan fingerprint density at radius 2 is 1.62 bits per heavy atom. The minimum atomic E-state index is -0.281. The van der Waals surface area contributed by atoms with Gasteiger partial charge in [-0.1, -0.05) is 55.0 Å². The fourth-order valence-corrected chi connectivity index (χ4v) is 4.42. The molecule has 0 spiro atoms. The normalized spacial score (nSPS) is 11.5. The van der Waals surface area contributed by atoms with Crippen molar-refractivity contribution in [3.63, 3.8) is 0 Å². The van der Waals surface area contributed by atoms with Crippen molar-refractivity contribution in [3.05, 3.63) is 123 Å². The molecule has 5 rings (SSSR count). The predicted molar refractivity (Wildman–Crippen MR) is 141 cm³/mol. The summed E-state index contributed by atoms with van der Waals surface area (Å²) in [4.78, 5) is 18.2. The van der Waals surface area contributed by atoms with Crippen LogP contribution in [-0.2, 0) is 32.6 Å². The van der Waals surface area contributed by atoms with E-state index in [1.54, 1.807) is 16.8 Å². The quantitative estimate of drug-likeness (QED) is 0.318. The summed E-state index contributed by atoms with van der Waals surface area (Å²) in [5.74, 6) is 0.388. The number of aromatic amines is 1. The fraction of sp³-hybridized carbons (Fsp3) is 0.241. The lowest BCUT2D eigenvalue weighted by Gasteiger charge is -2.22. The number of nitrogens with zero attached hydrogens (tertiary/aromatic N) is 5. The van der Waals surface area contributed by atoms with Crippen LogP contribution in [0.1, 0.15) is 40.6 Å². The van der Waals surface area contributed by atoms with Gasteiger partial charge in [0.2, 0.25) is 0 Å². The molecule has 8 heteroatoms. The van der Waals surface area contributed by atoms with Crippen molar-refractivity contribution in [1.29, 1.82) is 0 Å². The van der Waals surface area contributed by atoms with Crippen molar-refractivity contribution < 1.29 is 4.39 Å². The minimum absolute atomic E-state index is 0.100. The van der Waals surface area contributed by atoms with E-state index in [0.717, 1.165) is 28.5 Å². The van der Waals surface area contributed by atoms with E-state index in [2.05, 4.69) is 69.6 Å². The van der Waals surface area contributed by atoms with Gasteiger partial charge in [0.05, 0.1) is 13.1 Å². The van der Waals surface area contributed by atoms with Gasteiger partial charge in [0.15, 0.2) is 5.82 Å². The standard InChI is InChI=1S/C29H29FN6O/c1-3-21-10-13-27-24(14-21)15-25(29(37)31-27)18-35(16-22-6-4-20(2)5-7-22)19-28-32-33-34-36(28)17-23-8-11-26(30)12-9-23/h4-15H,3,16-19H2,1-2H3,(H,31,37). The van der Waals surface area contributed by atoms with Crippen LogP contribution in [0, 0.1) is 12.7 Å². The molecule has 0 aliphatic heterocycles. The van der Waals surface area contributed by atoms with E-state index in [0.29, 0.717) is 37.6 Å². The smallest absolute Gasteiger partial charge is 0.252 e. The van der Waals surface area contributed by atoms with Crippen molar-refractivity contribution in [2.24, 2.45) is 0 Å². The monoisotopic (exact) mass is 496 g/mol. The molecule has 188 valence electrons. The molecule has 0 radical (unpaired) electrons. The first kappa shape index (κ1) is 24.5. The van der Waals surface area contributed by atoms with Crippen molar-refractivity contribution in [1.82, 2.24) is 30.1 Å². The van der Waals surface area contributed by atoms with Crippen LogP contribution in [0.25, 0.3) is 10.9 Å². The topological polar surface area (TPSA) is 79.7 Å². The predicted octanol–water partition coefficient (Wildman–Crippen LogP) is 4.78. The molecule has 0 atom stereocenters. The van der Waals surface area contributed by atoms with Gasteiger partial charge >= 0.3 is 0 Å². The van der Waals surface area contributed by atoms with Crippen LogP contribution in [0.3, 0.4) is 0 Å². The summed E-state index contributed by atoms with van der Waals surface area (Å²) in [6.45, 7) is 6.10. The second kappa shape index (κ2) is 10.8. The molecule has 0 amide bonds. The van der Waals surface area contributed by atoms with E-state index in [4.69, 9.17) is 0 Å². The van der Waals surface area contributed by atoms with Crippen LogP contribution in [0.2, 0.25) is 0 Å². The summed E-state index contributed by atoms with van der Waals surface area (Å²) < 4.78 is 15.1. The van der Waals surface area contributed by atoms with E-state index in [1.165, 1.54) is 23.3 Å². The first-order valence-electron chi connectivity index (χ1n) is 12.4. The molecule has 5 aromatic rings. The average Bonchev–Trinajstić information content (AvgIpc) is 3.33. The number of tetrazole rings is 1. The Kier molecular flexibility index (Phi) is 7.18. The Morgan fingerprint density at radius 1 is 0.892 bits per heavy atom. The molecule has 0 saturated carbocycles. The highest BCUT2D eigenvalue weighted by Gasteiger charge is 2.16. The summed E-state index contributed by atoms with van der Waals surface area (Å²) in [7, 11) is 0. The largest absolute Gasteiger partial charge is 0.322 e. The molecular formula is C29H29FN6O. The summed E-state index contributed by atoms with van der Waals surface area (Å²) in [5, 5.41) is 13.3. The first-order valence-corrected chi connectivity index (χ1v) is 12.4. The first-order chi connectivity index (χ1) is 18.0. The molecule has 2 aromatic heterocycles. The Hall–Kier alpha value is -4.17. The number of halogens is 1. The number of aromatic nitrogens is 5. The summed E-state index contributed by atoms with van der Waals surface area (Å²) in [6.07, 6.45) is 0.931. The molecule has 7 nitrogen and oxygen atoms in total. The van der Waals surface area contributed by atoms with Crippen LogP contribution >= 0.6 is 0 Å². The number of hydrogen-bond acceptors (Lipinski definition) is 5. The van der Waals surface area contributed by atoms with Gasteiger partial charge in [-0.05, 0) is 76.2 Å². The van der Waals surface area contributed by atoms with E-state index >= 15 is 0 Å². The number of pyridine rings is 1. The van der Waals surface area contributed by atoms with Gasteiger partial charge in [-0.3, -0.25) is 9.69 Å². The van der Waals surface area contributed by atoms with Crippen molar-refractivity contribution in [3.8, 4) is 0 Å². The van der Waals surface area contributed by atoms with Crippen LogP contribution < -0.4 is 5.56 Å². The Bertz CT molecular complexity index is 1560. The minimum Gasteiger partial charge on any atom is -0.322 e. The number of fused-ring (bicyclic) bond motifs is 1.